The molecule has 1 aliphatic heterocycles. The van der Waals surface area contributed by atoms with E-state index in [2.05, 4.69) is 27.1 Å². The molecule has 0 saturated carbocycles. The number of aryl methyl sites for hydroxylation is 2. The molecule has 2 aromatic heterocycles. The number of amides is 1. The third kappa shape index (κ3) is 2.97. The molecule has 134 valence electrons. The van der Waals surface area contributed by atoms with E-state index in [0.29, 0.717) is 0 Å². The van der Waals surface area contributed by atoms with Crippen molar-refractivity contribution in [2.45, 2.75) is 57.7 Å². The fourth-order valence-electron chi connectivity index (χ4n) is 4.14. The number of fused-ring (bicyclic) bond motifs is 1. The van der Waals surface area contributed by atoms with Crippen LogP contribution in [0.25, 0.3) is 0 Å². The van der Waals surface area contributed by atoms with E-state index >= 15 is 0 Å². The smallest absolute Gasteiger partial charge is 0.244 e. The van der Waals surface area contributed by atoms with E-state index in [0.717, 1.165) is 50.9 Å². The van der Waals surface area contributed by atoms with Gasteiger partial charge >= 0.3 is 0 Å². The van der Waals surface area contributed by atoms with Gasteiger partial charge in [-0.1, -0.05) is 0 Å². The van der Waals surface area contributed by atoms with Gasteiger partial charge in [0.05, 0.1) is 24.1 Å². The highest BCUT2D eigenvalue weighted by Gasteiger charge is 2.33. The molecule has 3 heterocycles. The summed E-state index contributed by atoms with van der Waals surface area (Å²) in [5.41, 5.74) is 3.50. The number of nitrogens with zero attached hydrogens (tertiary/aromatic N) is 5. The molecule has 0 spiro atoms. The van der Waals surface area contributed by atoms with Crippen molar-refractivity contribution >= 4 is 11.6 Å². The molecular weight excluding hydrogens is 316 g/mol. The van der Waals surface area contributed by atoms with Gasteiger partial charge < -0.3 is 4.90 Å². The Bertz CT molecular complexity index is 763. The second kappa shape index (κ2) is 6.63. The first-order chi connectivity index (χ1) is 12.2. The minimum atomic E-state index is -0.130. The van der Waals surface area contributed by atoms with Gasteiger partial charge in [0.1, 0.15) is 0 Å². The van der Waals surface area contributed by atoms with E-state index in [9.17, 15) is 4.79 Å². The van der Waals surface area contributed by atoms with Gasteiger partial charge in [-0.25, -0.2) is 0 Å². The number of piperidine rings is 1. The summed E-state index contributed by atoms with van der Waals surface area (Å²) in [6.07, 6.45) is 10.9. The van der Waals surface area contributed by atoms with E-state index in [-0.39, 0.29) is 18.0 Å². The average Bonchev–Trinajstić information content (AvgIpc) is 3.23. The lowest BCUT2D eigenvalue weighted by molar-refractivity contribution is -0.122. The highest BCUT2D eigenvalue weighted by molar-refractivity contribution is 5.97. The van der Waals surface area contributed by atoms with Crippen molar-refractivity contribution in [2.24, 2.45) is 7.05 Å². The molecular formula is C18H26N6O. The van der Waals surface area contributed by atoms with Crippen molar-refractivity contribution in [3.05, 3.63) is 29.8 Å². The molecule has 0 bridgehead atoms. The first kappa shape index (κ1) is 16.3. The van der Waals surface area contributed by atoms with Gasteiger partial charge in [0, 0.05) is 43.6 Å². The SMILES string of the molecule is CCn1ncc2c1CCC[C@@H]2N[C@H]1CCCN(c2cnn(C)c2)C1=O. The van der Waals surface area contributed by atoms with E-state index in [1.807, 2.05) is 24.3 Å². The summed E-state index contributed by atoms with van der Waals surface area (Å²) >= 11 is 0. The summed E-state index contributed by atoms with van der Waals surface area (Å²) in [6.45, 7) is 3.80. The Kier molecular flexibility index (Phi) is 4.33. The van der Waals surface area contributed by atoms with E-state index in [1.54, 1.807) is 10.9 Å². The number of rotatable bonds is 4. The van der Waals surface area contributed by atoms with Gasteiger partial charge in [0.2, 0.25) is 5.91 Å². The topological polar surface area (TPSA) is 68.0 Å². The van der Waals surface area contributed by atoms with Crippen molar-refractivity contribution in [1.82, 2.24) is 24.9 Å². The molecule has 2 atom stereocenters. The Morgan fingerprint density at radius 3 is 2.80 bits per heavy atom. The molecule has 0 aromatic carbocycles. The fourth-order valence-corrected chi connectivity index (χ4v) is 4.14. The van der Waals surface area contributed by atoms with Crippen LogP contribution in [0, 0.1) is 0 Å². The number of aromatic nitrogens is 4. The van der Waals surface area contributed by atoms with Crippen molar-refractivity contribution in [1.29, 1.82) is 0 Å². The molecule has 1 N–H and O–H groups in total. The fraction of sp³-hybridized carbons (Fsp3) is 0.611. The summed E-state index contributed by atoms with van der Waals surface area (Å²) < 4.78 is 3.83. The molecule has 1 saturated heterocycles. The molecule has 1 aliphatic carbocycles. The number of hydrogen-bond acceptors (Lipinski definition) is 4. The molecule has 0 unspecified atom stereocenters. The molecule has 2 aliphatic rings. The Morgan fingerprint density at radius 1 is 1.20 bits per heavy atom. The van der Waals surface area contributed by atoms with Crippen LogP contribution in [0.5, 0.6) is 0 Å². The molecule has 1 fully saturated rings. The minimum Gasteiger partial charge on any atom is -0.308 e. The zero-order valence-corrected chi connectivity index (χ0v) is 15.0. The molecule has 2 aromatic rings. The van der Waals surface area contributed by atoms with Crippen molar-refractivity contribution in [3.8, 4) is 0 Å². The maximum atomic E-state index is 13.0. The third-order valence-corrected chi connectivity index (χ3v) is 5.41. The number of carbonyl (C=O) groups excluding carboxylic acids is 1. The lowest BCUT2D eigenvalue weighted by atomic mass is 9.91. The first-order valence-corrected chi connectivity index (χ1v) is 9.28. The van der Waals surface area contributed by atoms with Crippen LogP contribution in [-0.2, 0) is 24.8 Å². The molecule has 7 heteroatoms. The van der Waals surface area contributed by atoms with Gasteiger partial charge in [-0.2, -0.15) is 10.2 Å². The van der Waals surface area contributed by atoms with Gasteiger partial charge in [-0.3, -0.25) is 19.5 Å². The summed E-state index contributed by atoms with van der Waals surface area (Å²) in [7, 11) is 1.88. The van der Waals surface area contributed by atoms with E-state index in [1.165, 1.54) is 11.3 Å². The number of nitrogens with one attached hydrogen (secondary N) is 1. The lowest BCUT2D eigenvalue weighted by Gasteiger charge is -2.35. The summed E-state index contributed by atoms with van der Waals surface area (Å²) in [6, 6.07) is 0.0988. The van der Waals surface area contributed by atoms with Crippen LogP contribution in [0.2, 0.25) is 0 Å². The first-order valence-electron chi connectivity index (χ1n) is 9.28. The van der Waals surface area contributed by atoms with Crippen LogP contribution >= 0.6 is 0 Å². The zero-order valence-electron chi connectivity index (χ0n) is 15.0. The number of hydrogen-bond donors (Lipinski definition) is 1. The summed E-state index contributed by atoms with van der Waals surface area (Å²) in [5.74, 6) is 0.161. The average molecular weight is 342 g/mol. The summed E-state index contributed by atoms with van der Waals surface area (Å²) in [5, 5.41) is 12.4. The van der Waals surface area contributed by atoms with Crippen molar-refractivity contribution in [2.75, 3.05) is 11.4 Å². The van der Waals surface area contributed by atoms with Gasteiger partial charge in [0.25, 0.3) is 0 Å². The monoisotopic (exact) mass is 342 g/mol. The maximum Gasteiger partial charge on any atom is 0.244 e. The Balaban J connectivity index is 1.51. The van der Waals surface area contributed by atoms with Crippen LogP contribution in [0.3, 0.4) is 0 Å². The highest BCUT2D eigenvalue weighted by atomic mass is 16.2. The number of carbonyl (C=O) groups is 1. The minimum absolute atomic E-state index is 0.130. The Labute approximate surface area is 148 Å². The molecule has 1 amide bonds. The van der Waals surface area contributed by atoms with Gasteiger partial charge in [-0.05, 0) is 39.0 Å². The second-order valence-electron chi connectivity index (χ2n) is 7.03. The molecule has 4 rings (SSSR count). The second-order valence-corrected chi connectivity index (χ2v) is 7.03. The van der Waals surface area contributed by atoms with E-state index < -0.39 is 0 Å². The molecule has 25 heavy (non-hydrogen) atoms. The van der Waals surface area contributed by atoms with Crippen LogP contribution in [0.4, 0.5) is 5.69 Å². The summed E-state index contributed by atoms with van der Waals surface area (Å²) in [4.78, 5) is 14.9. The number of anilines is 1. The van der Waals surface area contributed by atoms with Gasteiger partial charge in [0.15, 0.2) is 0 Å². The van der Waals surface area contributed by atoms with E-state index in [4.69, 9.17) is 0 Å². The molecule has 7 nitrogen and oxygen atoms in total. The Hall–Kier alpha value is -2.15. The highest BCUT2D eigenvalue weighted by Crippen LogP contribution is 2.31. The van der Waals surface area contributed by atoms with Crippen LogP contribution in [-0.4, -0.2) is 38.1 Å². The maximum absolute atomic E-state index is 13.0. The largest absolute Gasteiger partial charge is 0.308 e. The van der Waals surface area contributed by atoms with Gasteiger partial charge in [-0.15, -0.1) is 0 Å². The predicted octanol–water partition coefficient (Wildman–Crippen LogP) is 1.80. The third-order valence-electron chi connectivity index (χ3n) is 5.41. The predicted molar refractivity (Wildman–Crippen MR) is 95.3 cm³/mol. The lowest BCUT2D eigenvalue weighted by Crippen LogP contribution is -2.52. The normalized spacial score (nSPS) is 23.8. The van der Waals surface area contributed by atoms with Crippen LogP contribution in [0.1, 0.15) is 49.9 Å². The zero-order chi connectivity index (χ0) is 17.4. The van der Waals surface area contributed by atoms with Crippen molar-refractivity contribution < 1.29 is 4.79 Å². The van der Waals surface area contributed by atoms with Crippen LogP contribution in [0.15, 0.2) is 18.6 Å². The van der Waals surface area contributed by atoms with Crippen molar-refractivity contribution in [3.63, 3.8) is 0 Å². The Morgan fingerprint density at radius 2 is 2.04 bits per heavy atom. The molecule has 0 radical (unpaired) electrons. The van der Waals surface area contributed by atoms with Crippen LogP contribution < -0.4 is 10.2 Å². The quantitative estimate of drug-likeness (QED) is 0.920. The standard InChI is InChI=1S/C18H26N6O/c1-3-24-17-8-4-6-15(14(17)11-20-24)21-16-7-5-9-23(18(16)25)13-10-19-22(2)12-13/h10-12,15-16,21H,3-9H2,1-2H3/t15-,16-/m0/s1.